The van der Waals surface area contributed by atoms with E-state index >= 15 is 0 Å². The van der Waals surface area contributed by atoms with Crippen molar-refractivity contribution in [3.8, 4) is 0 Å². The number of nitrogens with zero attached hydrogens (tertiary/aromatic N) is 1. The average molecular weight is 287 g/mol. The lowest BCUT2D eigenvalue weighted by Crippen LogP contribution is -2.37. The van der Waals surface area contributed by atoms with Crippen LogP contribution in [0.2, 0.25) is 0 Å². The van der Waals surface area contributed by atoms with Gasteiger partial charge < -0.3 is 9.84 Å². The van der Waals surface area contributed by atoms with Crippen molar-refractivity contribution in [3.05, 3.63) is 10.6 Å². The summed E-state index contributed by atoms with van der Waals surface area (Å²) in [5.41, 5.74) is 0.802. The number of thiazole rings is 1. The molecule has 0 bridgehead atoms. The predicted octanol–water partition coefficient (Wildman–Crippen LogP) is 0.509. The molecule has 104 valence electrons. The molecule has 0 saturated carbocycles. The molecule has 0 atom stereocenters. The number of imide groups is 1. The van der Waals surface area contributed by atoms with Crippen molar-refractivity contribution in [2.75, 3.05) is 18.5 Å². The third-order valence-electron chi connectivity index (χ3n) is 1.96. The molecule has 0 radical (unpaired) electrons. The Morgan fingerprint density at radius 3 is 2.53 bits per heavy atom. The van der Waals surface area contributed by atoms with Gasteiger partial charge in [0.25, 0.3) is 5.91 Å². The number of carboxylic acids is 1. The van der Waals surface area contributed by atoms with Crippen LogP contribution in [0.3, 0.4) is 0 Å². The van der Waals surface area contributed by atoms with Crippen LogP contribution in [0.15, 0.2) is 0 Å². The number of carbonyl (C=O) groups is 3. The van der Waals surface area contributed by atoms with Crippen molar-refractivity contribution >= 4 is 34.4 Å². The van der Waals surface area contributed by atoms with Crippen LogP contribution in [0.1, 0.15) is 10.6 Å². The van der Waals surface area contributed by atoms with Gasteiger partial charge in [-0.25, -0.2) is 14.6 Å². The Labute approximate surface area is 112 Å². The molecule has 1 heterocycles. The topological polar surface area (TPSA) is 118 Å². The maximum Gasteiger partial charge on any atom is 0.329 e. The maximum atomic E-state index is 11.4. The van der Waals surface area contributed by atoms with Crippen molar-refractivity contribution in [1.29, 1.82) is 0 Å². The van der Waals surface area contributed by atoms with Crippen LogP contribution in [0.5, 0.6) is 0 Å². The Bertz CT molecular complexity index is 480. The highest BCUT2D eigenvalue weighted by Gasteiger charge is 2.11. The van der Waals surface area contributed by atoms with Gasteiger partial charge in [0, 0.05) is 4.88 Å². The zero-order chi connectivity index (χ0) is 14.4. The molecule has 0 aliphatic heterocycles. The van der Waals surface area contributed by atoms with E-state index in [2.05, 4.69) is 15.0 Å². The van der Waals surface area contributed by atoms with Gasteiger partial charge in [0.15, 0.2) is 5.13 Å². The second-order valence-corrected chi connectivity index (χ2v) is 4.75. The van der Waals surface area contributed by atoms with E-state index in [9.17, 15) is 14.4 Å². The molecule has 1 rings (SSSR count). The first kappa shape index (κ1) is 15.1. The van der Waals surface area contributed by atoms with E-state index in [1.807, 2.05) is 12.2 Å². The molecule has 0 fully saturated rings. The molecule has 0 saturated heterocycles. The van der Waals surface area contributed by atoms with Gasteiger partial charge >= 0.3 is 12.0 Å². The summed E-state index contributed by atoms with van der Waals surface area (Å²) in [6.45, 7) is 2.57. The number of anilines is 1. The summed E-state index contributed by atoms with van der Waals surface area (Å²) in [4.78, 5) is 37.8. The summed E-state index contributed by atoms with van der Waals surface area (Å²) >= 11 is 1.29. The van der Waals surface area contributed by atoms with Gasteiger partial charge in [-0.15, -0.1) is 11.3 Å². The molecule has 0 unspecified atom stereocenters. The van der Waals surface area contributed by atoms with Crippen molar-refractivity contribution in [3.63, 3.8) is 0 Å². The Morgan fingerprint density at radius 1 is 1.32 bits per heavy atom. The lowest BCUT2D eigenvalue weighted by Gasteiger charge is -2.04. The zero-order valence-corrected chi connectivity index (χ0v) is 11.2. The number of hydrogen-bond acceptors (Lipinski definition) is 6. The minimum absolute atomic E-state index is 0.381. The van der Waals surface area contributed by atoms with Crippen LogP contribution in [-0.2, 0) is 14.3 Å². The summed E-state index contributed by atoms with van der Waals surface area (Å²) < 4.78 is 4.53. The molecule has 0 aliphatic carbocycles. The van der Waals surface area contributed by atoms with Crippen LogP contribution in [-0.4, -0.2) is 41.2 Å². The first-order valence-corrected chi connectivity index (χ1v) is 6.04. The monoisotopic (exact) mass is 287 g/mol. The quantitative estimate of drug-likeness (QED) is 0.726. The molecule has 8 nitrogen and oxygen atoms in total. The number of ether oxygens (including phenoxy) is 1. The summed E-state index contributed by atoms with van der Waals surface area (Å²) in [6.07, 6.45) is 0. The Morgan fingerprint density at radius 2 is 2.00 bits per heavy atom. The van der Waals surface area contributed by atoms with Gasteiger partial charge in [0.2, 0.25) is 0 Å². The maximum absolute atomic E-state index is 11.4. The number of nitrogens with one attached hydrogen (secondary N) is 2. The van der Waals surface area contributed by atoms with E-state index in [0.29, 0.717) is 5.13 Å². The van der Waals surface area contributed by atoms with Gasteiger partial charge in [-0.2, -0.15) is 0 Å². The summed E-state index contributed by atoms with van der Waals surface area (Å²) in [5.74, 6) is -1.92. The molecule has 0 aliphatic rings. The highest BCUT2D eigenvalue weighted by molar-refractivity contribution is 7.15. The third kappa shape index (κ3) is 5.44. The third-order valence-corrected chi connectivity index (χ3v) is 2.95. The highest BCUT2D eigenvalue weighted by atomic mass is 32.1. The smallest absolute Gasteiger partial charge is 0.329 e. The van der Waals surface area contributed by atoms with Gasteiger partial charge in [-0.1, -0.05) is 0 Å². The van der Waals surface area contributed by atoms with Crippen LogP contribution < -0.4 is 10.6 Å². The molecule has 3 amide bonds. The zero-order valence-electron chi connectivity index (χ0n) is 10.3. The number of amides is 3. The second-order valence-electron chi connectivity index (χ2n) is 3.55. The number of carbonyl (C=O) groups excluding carboxylic acids is 2. The standard InChI is InChI=1S/C10H13N3O5S/c1-5-6(2)19-10(11-5)13-9(17)12-7(14)3-18-4-8(15)16/h3-4H2,1-2H3,(H,15,16)(H2,11,12,13,14,17). The second kappa shape index (κ2) is 6.81. The molecule has 19 heavy (non-hydrogen) atoms. The molecule has 3 N–H and O–H groups in total. The molecule has 0 spiro atoms. The van der Waals surface area contributed by atoms with Crippen LogP contribution in [0.4, 0.5) is 9.93 Å². The first-order chi connectivity index (χ1) is 8.88. The van der Waals surface area contributed by atoms with Crippen LogP contribution >= 0.6 is 11.3 Å². The van der Waals surface area contributed by atoms with Crippen molar-refractivity contribution < 1.29 is 24.2 Å². The highest BCUT2D eigenvalue weighted by Crippen LogP contribution is 2.20. The predicted molar refractivity (Wildman–Crippen MR) is 67.2 cm³/mol. The first-order valence-electron chi connectivity index (χ1n) is 5.23. The van der Waals surface area contributed by atoms with E-state index in [0.717, 1.165) is 10.6 Å². The SMILES string of the molecule is Cc1nc(NC(=O)NC(=O)COCC(=O)O)sc1C. The average Bonchev–Trinajstić information content (AvgIpc) is 2.56. The fourth-order valence-corrected chi connectivity index (χ4v) is 1.86. The molecular formula is C10H13N3O5S. The lowest BCUT2D eigenvalue weighted by molar-refractivity contribution is -0.143. The van der Waals surface area contributed by atoms with E-state index < -0.39 is 31.1 Å². The fraction of sp³-hybridized carbons (Fsp3) is 0.400. The van der Waals surface area contributed by atoms with Gasteiger partial charge in [0.05, 0.1) is 5.69 Å². The Hall–Kier alpha value is -2.00. The van der Waals surface area contributed by atoms with Gasteiger partial charge in [-0.3, -0.25) is 15.4 Å². The molecular weight excluding hydrogens is 274 g/mol. The van der Waals surface area contributed by atoms with Crippen molar-refractivity contribution in [2.24, 2.45) is 0 Å². The molecule has 1 aromatic heterocycles. The summed E-state index contributed by atoms with van der Waals surface area (Å²) in [5, 5.41) is 13.1. The number of aliphatic carboxylic acids is 1. The summed E-state index contributed by atoms with van der Waals surface area (Å²) in [7, 11) is 0. The number of rotatable bonds is 5. The number of hydrogen-bond donors (Lipinski definition) is 3. The van der Waals surface area contributed by atoms with E-state index in [1.54, 1.807) is 6.92 Å². The molecule has 1 aromatic rings. The number of carboxylic acid groups (broad SMARTS) is 1. The Balaban J connectivity index is 2.34. The van der Waals surface area contributed by atoms with Crippen molar-refractivity contribution in [2.45, 2.75) is 13.8 Å². The van der Waals surface area contributed by atoms with Gasteiger partial charge in [-0.05, 0) is 13.8 Å². The van der Waals surface area contributed by atoms with Gasteiger partial charge in [0.1, 0.15) is 13.2 Å². The largest absolute Gasteiger partial charge is 0.480 e. The van der Waals surface area contributed by atoms with Crippen molar-refractivity contribution in [1.82, 2.24) is 10.3 Å². The number of aromatic nitrogens is 1. The van der Waals surface area contributed by atoms with E-state index in [1.165, 1.54) is 11.3 Å². The lowest BCUT2D eigenvalue weighted by atomic mass is 10.4. The molecule has 0 aromatic carbocycles. The Kier molecular flexibility index (Phi) is 5.39. The number of urea groups is 1. The van der Waals surface area contributed by atoms with Crippen LogP contribution in [0, 0.1) is 13.8 Å². The van der Waals surface area contributed by atoms with E-state index in [-0.39, 0.29) is 0 Å². The molecule has 9 heteroatoms. The number of aryl methyl sites for hydroxylation is 2. The minimum atomic E-state index is -1.19. The summed E-state index contributed by atoms with van der Waals surface area (Å²) in [6, 6.07) is -0.738. The fourth-order valence-electron chi connectivity index (χ4n) is 1.05. The van der Waals surface area contributed by atoms with Crippen LogP contribution in [0.25, 0.3) is 0 Å². The minimum Gasteiger partial charge on any atom is -0.480 e. The normalized spacial score (nSPS) is 10.0. The van der Waals surface area contributed by atoms with E-state index in [4.69, 9.17) is 5.11 Å².